The molecule has 0 aliphatic rings. The second kappa shape index (κ2) is 37.3. The van der Waals surface area contributed by atoms with E-state index in [1.54, 1.807) is 7.05 Å². The first-order chi connectivity index (χ1) is 24.3. The number of phosphoric acid groups is 1. The molecule has 0 aliphatic heterocycles. The molecule has 2 atom stereocenters. The number of hydrogen-bond acceptors (Lipinski definition) is 8. The number of likely N-dealkylation sites (N-methyl/N-ethyl adjacent to an activating group) is 1. The molecule has 2 N–H and O–H groups in total. The predicted molar refractivity (Wildman–Crippen MR) is 206 cm³/mol. The molecule has 0 saturated carbocycles. The maximum atomic E-state index is 12.5. The van der Waals surface area contributed by atoms with Gasteiger partial charge in [0.2, 0.25) is 0 Å². The number of phosphoric ester groups is 1. The van der Waals surface area contributed by atoms with Crippen molar-refractivity contribution in [1.82, 2.24) is 5.32 Å². The van der Waals surface area contributed by atoms with Gasteiger partial charge in [0.15, 0.2) is 6.10 Å². The first-order valence-electron chi connectivity index (χ1n) is 20.3. The Kier molecular flexibility index (Phi) is 36.1. The van der Waals surface area contributed by atoms with E-state index in [1.165, 1.54) is 89.9 Å². The Hall–Kier alpha value is -1.51. The molecule has 0 bridgehead atoms. The van der Waals surface area contributed by atoms with Gasteiger partial charge in [-0.05, 0) is 64.8 Å². The molecule has 0 radical (unpaired) electrons. The summed E-state index contributed by atoms with van der Waals surface area (Å²) in [5, 5.41) is 2.82. The molecule has 0 saturated heterocycles. The fourth-order valence-corrected chi connectivity index (χ4v) is 6.16. The highest BCUT2D eigenvalue weighted by molar-refractivity contribution is 7.47. The van der Waals surface area contributed by atoms with Gasteiger partial charge in [-0.25, -0.2) is 4.57 Å². The van der Waals surface area contributed by atoms with E-state index in [4.69, 9.17) is 18.5 Å². The molecule has 0 fully saturated rings. The molecule has 0 heterocycles. The molecule has 50 heavy (non-hydrogen) atoms. The normalized spacial score (nSPS) is 13.6. The maximum absolute atomic E-state index is 12.5. The van der Waals surface area contributed by atoms with Gasteiger partial charge in [-0.1, -0.05) is 134 Å². The number of allylic oxidation sites excluding steroid dienone is 4. The number of unbranched alkanes of at least 4 members (excludes halogenated alkanes) is 20. The van der Waals surface area contributed by atoms with E-state index in [0.29, 0.717) is 13.0 Å². The number of carbonyl (C=O) groups excluding carboxylic acids is 2. The molecule has 9 nitrogen and oxygen atoms in total. The van der Waals surface area contributed by atoms with Gasteiger partial charge in [-0.2, -0.15) is 0 Å². The van der Waals surface area contributed by atoms with Crippen LogP contribution in [0, 0.1) is 0 Å². The van der Waals surface area contributed by atoms with Crippen LogP contribution in [0.3, 0.4) is 0 Å². The minimum atomic E-state index is -4.34. The summed E-state index contributed by atoms with van der Waals surface area (Å²) in [6.45, 7) is 4.16. The third-order valence-corrected chi connectivity index (χ3v) is 9.53. The van der Waals surface area contributed by atoms with Gasteiger partial charge in [0.1, 0.15) is 6.61 Å². The summed E-state index contributed by atoms with van der Waals surface area (Å²) < 4.78 is 33.1. The first-order valence-corrected chi connectivity index (χ1v) is 21.8. The monoisotopic (exact) mass is 730 g/mol. The maximum Gasteiger partial charge on any atom is 0.472 e. The zero-order valence-electron chi connectivity index (χ0n) is 32.4. The van der Waals surface area contributed by atoms with Crippen LogP contribution in [0.4, 0.5) is 0 Å². The second-order valence-corrected chi connectivity index (χ2v) is 14.9. The summed E-state index contributed by atoms with van der Waals surface area (Å²) in [5.41, 5.74) is 0. The van der Waals surface area contributed by atoms with Gasteiger partial charge >= 0.3 is 19.8 Å². The summed E-state index contributed by atoms with van der Waals surface area (Å²) in [4.78, 5) is 34.9. The van der Waals surface area contributed by atoms with Crippen LogP contribution >= 0.6 is 7.82 Å². The summed E-state index contributed by atoms with van der Waals surface area (Å²) in [7, 11) is -2.65. The molecular weight excluding hydrogens is 653 g/mol. The Morgan fingerprint density at radius 3 is 1.54 bits per heavy atom. The highest BCUT2D eigenvalue weighted by Crippen LogP contribution is 2.43. The van der Waals surface area contributed by atoms with Gasteiger partial charge in [-0.3, -0.25) is 18.6 Å². The Balaban J connectivity index is 4.22. The summed E-state index contributed by atoms with van der Waals surface area (Å²) in [5.74, 6) is -0.821. The average molecular weight is 730 g/mol. The molecule has 2 unspecified atom stereocenters. The lowest BCUT2D eigenvalue weighted by molar-refractivity contribution is -0.161. The standard InChI is InChI=1S/C40H76NO8P/c1-4-6-8-10-12-14-16-17-18-19-20-21-23-24-26-28-30-32-39(42)46-36-38(37-48-50(44,45)47-35-34-41-3)49-40(43)33-31-29-27-25-22-15-13-11-9-7-5-2/h11,13,17-18,38,41H,4-10,12,14-16,19-37H2,1-3H3,(H,44,45)/b13-11-,18-17-. The third kappa shape index (κ3) is 36.3. The van der Waals surface area contributed by atoms with Crippen molar-refractivity contribution in [2.24, 2.45) is 0 Å². The van der Waals surface area contributed by atoms with Crippen molar-refractivity contribution in [3.05, 3.63) is 24.3 Å². The van der Waals surface area contributed by atoms with Gasteiger partial charge in [0.05, 0.1) is 13.2 Å². The van der Waals surface area contributed by atoms with Gasteiger partial charge in [-0.15, -0.1) is 0 Å². The van der Waals surface area contributed by atoms with E-state index in [-0.39, 0.29) is 32.0 Å². The highest BCUT2D eigenvalue weighted by atomic mass is 31.2. The van der Waals surface area contributed by atoms with E-state index in [9.17, 15) is 19.0 Å². The molecule has 0 aromatic carbocycles. The predicted octanol–water partition coefficient (Wildman–Crippen LogP) is 11.1. The molecule has 0 aromatic rings. The molecular formula is C40H76NO8P. The van der Waals surface area contributed by atoms with Crippen LogP contribution in [-0.4, -0.2) is 56.3 Å². The van der Waals surface area contributed by atoms with Crippen LogP contribution in [0.25, 0.3) is 0 Å². The van der Waals surface area contributed by atoms with Gasteiger partial charge in [0, 0.05) is 19.4 Å². The minimum absolute atomic E-state index is 0.0183. The molecule has 0 amide bonds. The zero-order valence-corrected chi connectivity index (χ0v) is 33.2. The number of esters is 2. The van der Waals surface area contributed by atoms with Crippen LogP contribution < -0.4 is 5.32 Å². The van der Waals surface area contributed by atoms with Crippen molar-refractivity contribution in [3.8, 4) is 0 Å². The van der Waals surface area contributed by atoms with E-state index in [2.05, 4.69) is 43.5 Å². The van der Waals surface area contributed by atoms with Crippen LogP contribution in [0.5, 0.6) is 0 Å². The van der Waals surface area contributed by atoms with Crippen molar-refractivity contribution in [2.75, 3.05) is 33.4 Å². The van der Waals surface area contributed by atoms with Crippen LogP contribution in [0.15, 0.2) is 24.3 Å². The molecule has 0 aromatic heterocycles. The Labute approximate surface area is 306 Å². The topological polar surface area (TPSA) is 120 Å². The second-order valence-electron chi connectivity index (χ2n) is 13.5. The molecule has 0 spiro atoms. The van der Waals surface area contributed by atoms with Crippen LogP contribution in [0.1, 0.15) is 181 Å². The van der Waals surface area contributed by atoms with E-state index >= 15 is 0 Å². The van der Waals surface area contributed by atoms with Gasteiger partial charge < -0.3 is 19.7 Å². The number of ether oxygens (including phenoxy) is 2. The summed E-state index contributed by atoms with van der Waals surface area (Å²) in [6, 6.07) is 0. The smallest absolute Gasteiger partial charge is 0.462 e. The summed E-state index contributed by atoms with van der Waals surface area (Å²) in [6.07, 6.45) is 36.5. The van der Waals surface area contributed by atoms with Crippen LogP contribution in [-0.2, 0) is 32.7 Å². The fraction of sp³-hybridized carbons (Fsp3) is 0.850. The number of rotatable bonds is 38. The number of nitrogens with one attached hydrogen (secondary N) is 1. The lowest BCUT2D eigenvalue weighted by Gasteiger charge is -2.20. The van der Waals surface area contributed by atoms with Crippen molar-refractivity contribution in [3.63, 3.8) is 0 Å². The third-order valence-electron chi connectivity index (χ3n) is 8.54. The van der Waals surface area contributed by atoms with Crippen molar-refractivity contribution < 1.29 is 37.6 Å². The largest absolute Gasteiger partial charge is 0.472 e. The highest BCUT2D eigenvalue weighted by Gasteiger charge is 2.26. The lowest BCUT2D eigenvalue weighted by Crippen LogP contribution is -2.29. The number of carbonyl (C=O) groups is 2. The van der Waals surface area contributed by atoms with Crippen molar-refractivity contribution >= 4 is 19.8 Å². The Bertz CT molecular complexity index is 881. The first kappa shape index (κ1) is 48.5. The molecule has 0 rings (SSSR count). The van der Waals surface area contributed by atoms with Crippen molar-refractivity contribution in [1.29, 1.82) is 0 Å². The number of hydrogen-bond donors (Lipinski definition) is 2. The van der Waals surface area contributed by atoms with Gasteiger partial charge in [0.25, 0.3) is 0 Å². The van der Waals surface area contributed by atoms with E-state index in [0.717, 1.165) is 57.8 Å². The molecule has 10 heteroatoms. The van der Waals surface area contributed by atoms with E-state index < -0.39 is 26.5 Å². The lowest BCUT2D eigenvalue weighted by atomic mass is 10.1. The molecule has 0 aliphatic carbocycles. The SMILES string of the molecule is CCCC/C=C\CCCCCCCC(=O)OC(COC(=O)CCCCCCCCC/C=C\CCCCCCCC)COP(=O)(O)OCCNC. The molecule has 294 valence electrons. The van der Waals surface area contributed by atoms with Crippen LogP contribution in [0.2, 0.25) is 0 Å². The minimum Gasteiger partial charge on any atom is -0.462 e. The Morgan fingerprint density at radius 1 is 0.600 bits per heavy atom. The Morgan fingerprint density at radius 2 is 1.04 bits per heavy atom. The zero-order chi connectivity index (χ0) is 36.8. The fourth-order valence-electron chi connectivity index (χ4n) is 5.41. The van der Waals surface area contributed by atoms with E-state index in [1.807, 2.05) is 0 Å². The quantitative estimate of drug-likeness (QED) is 0.0277. The summed E-state index contributed by atoms with van der Waals surface area (Å²) >= 11 is 0. The van der Waals surface area contributed by atoms with Crippen molar-refractivity contribution in [2.45, 2.75) is 187 Å². The average Bonchev–Trinajstić information content (AvgIpc) is 3.09.